The SMILES string of the molecule is OCCCc1nc2ccccc2n1CC(O)COc1ccc2ccccc2c1. The zero-order chi connectivity index (χ0) is 19.3. The first-order valence-corrected chi connectivity index (χ1v) is 9.59. The molecule has 0 amide bonds. The maximum absolute atomic E-state index is 10.6. The van der Waals surface area contributed by atoms with Crippen LogP contribution in [-0.4, -0.2) is 39.1 Å². The van der Waals surface area contributed by atoms with Gasteiger partial charge in [-0.3, -0.25) is 0 Å². The molecule has 0 bridgehead atoms. The second kappa shape index (κ2) is 8.42. The molecule has 0 saturated carbocycles. The molecule has 28 heavy (non-hydrogen) atoms. The lowest BCUT2D eigenvalue weighted by Crippen LogP contribution is -2.24. The quantitative estimate of drug-likeness (QED) is 0.493. The van der Waals surface area contributed by atoms with E-state index in [1.165, 1.54) is 0 Å². The number of aliphatic hydroxyl groups is 2. The average molecular weight is 376 g/mol. The molecule has 144 valence electrons. The van der Waals surface area contributed by atoms with E-state index in [2.05, 4.69) is 11.1 Å². The molecule has 0 radical (unpaired) electrons. The lowest BCUT2D eigenvalue weighted by atomic mass is 10.1. The third-order valence-electron chi connectivity index (χ3n) is 4.85. The Morgan fingerprint density at radius 1 is 0.964 bits per heavy atom. The van der Waals surface area contributed by atoms with Crippen molar-refractivity contribution in [2.45, 2.75) is 25.5 Å². The number of ether oxygens (including phenoxy) is 1. The van der Waals surface area contributed by atoms with Crippen LogP contribution < -0.4 is 4.74 Å². The van der Waals surface area contributed by atoms with E-state index in [9.17, 15) is 5.11 Å². The van der Waals surface area contributed by atoms with Gasteiger partial charge in [-0.2, -0.15) is 0 Å². The number of nitrogens with zero attached hydrogens (tertiary/aromatic N) is 2. The Bertz CT molecular complexity index is 1070. The van der Waals surface area contributed by atoms with Crippen LogP contribution in [0.5, 0.6) is 5.75 Å². The number of rotatable bonds is 8. The van der Waals surface area contributed by atoms with Gasteiger partial charge in [0, 0.05) is 13.0 Å². The Labute approximate surface area is 163 Å². The first kappa shape index (κ1) is 18.5. The van der Waals surface area contributed by atoms with Crippen molar-refractivity contribution < 1.29 is 14.9 Å². The first-order chi connectivity index (χ1) is 13.7. The van der Waals surface area contributed by atoms with Gasteiger partial charge in [0.1, 0.15) is 24.3 Å². The second-order valence-corrected chi connectivity index (χ2v) is 6.93. The fourth-order valence-corrected chi connectivity index (χ4v) is 3.47. The second-order valence-electron chi connectivity index (χ2n) is 6.93. The van der Waals surface area contributed by atoms with E-state index < -0.39 is 6.10 Å². The normalized spacial score (nSPS) is 12.5. The molecule has 0 saturated heterocycles. The highest BCUT2D eigenvalue weighted by Gasteiger charge is 2.14. The van der Waals surface area contributed by atoms with Crippen LogP contribution in [0.2, 0.25) is 0 Å². The van der Waals surface area contributed by atoms with Crippen LogP contribution in [0.4, 0.5) is 0 Å². The minimum absolute atomic E-state index is 0.122. The van der Waals surface area contributed by atoms with E-state index in [-0.39, 0.29) is 13.2 Å². The van der Waals surface area contributed by atoms with Crippen LogP contribution in [-0.2, 0) is 13.0 Å². The molecule has 1 unspecified atom stereocenters. The minimum atomic E-state index is -0.669. The number of hydrogen-bond donors (Lipinski definition) is 2. The van der Waals surface area contributed by atoms with Gasteiger partial charge >= 0.3 is 0 Å². The number of aryl methyl sites for hydroxylation is 1. The molecule has 1 atom stereocenters. The van der Waals surface area contributed by atoms with Crippen molar-refractivity contribution in [3.8, 4) is 5.75 Å². The predicted octanol–water partition coefficient (Wildman–Crippen LogP) is 3.55. The lowest BCUT2D eigenvalue weighted by Gasteiger charge is -2.16. The number of para-hydroxylation sites is 2. The minimum Gasteiger partial charge on any atom is -0.491 e. The summed E-state index contributed by atoms with van der Waals surface area (Å²) in [7, 11) is 0. The molecule has 0 aliphatic carbocycles. The highest BCUT2D eigenvalue weighted by Crippen LogP contribution is 2.21. The molecule has 1 aromatic heterocycles. The van der Waals surface area contributed by atoms with E-state index in [0.29, 0.717) is 19.4 Å². The van der Waals surface area contributed by atoms with E-state index >= 15 is 0 Å². The van der Waals surface area contributed by atoms with Crippen LogP contribution in [0.1, 0.15) is 12.2 Å². The summed E-state index contributed by atoms with van der Waals surface area (Å²) in [5, 5.41) is 22.0. The predicted molar refractivity (Wildman–Crippen MR) is 111 cm³/mol. The summed E-state index contributed by atoms with van der Waals surface area (Å²) in [4.78, 5) is 4.66. The molecule has 5 heteroatoms. The van der Waals surface area contributed by atoms with Gasteiger partial charge in [-0.1, -0.05) is 42.5 Å². The van der Waals surface area contributed by atoms with E-state index in [1.807, 2.05) is 65.2 Å². The largest absolute Gasteiger partial charge is 0.491 e. The van der Waals surface area contributed by atoms with Crippen LogP contribution >= 0.6 is 0 Å². The Morgan fingerprint density at radius 3 is 2.61 bits per heavy atom. The molecule has 3 aromatic carbocycles. The molecule has 4 aromatic rings. The van der Waals surface area contributed by atoms with Crippen LogP contribution in [0.3, 0.4) is 0 Å². The van der Waals surface area contributed by atoms with Gasteiger partial charge < -0.3 is 19.5 Å². The number of aromatic nitrogens is 2. The molecule has 5 nitrogen and oxygen atoms in total. The summed E-state index contributed by atoms with van der Waals surface area (Å²) in [5.74, 6) is 1.62. The van der Waals surface area contributed by atoms with E-state index in [1.54, 1.807) is 0 Å². The fraction of sp³-hybridized carbons (Fsp3) is 0.261. The third kappa shape index (κ3) is 4.01. The maximum Gasteiger partial charge on any atom is 0.120 e. The Hall–Kier alpha value is -2.89. The van der Waals surface area contributed by atoms with Gasteiger partial charge in [0.15, 0.2) is 0 Å². The van der Waals surface area contributed by atoms with Crippen molar-refractivity contribution in [1.29, 1.82) is 0 Å². The Kier molecular flexibility index (Phi) is 5.55. The van der Waals surface area contributed by atoms with Gasteiger partial charge in [-0.15, -0.1) is 0 Å². The lowest BCUT2D eigenvalue weighted by molar-refractivity contribution is 0.0927. The molecule has 0 spiro atoms. The van der Waals surface area contributed by atoms with Crippen molar-refractivity contribution in [1.82, 2.24) is 9.55 Å². The third-order valence-corrected chi connectivity index (χ3v) is 4.85. The monoisotopic (exact) mass is 376 g/mol. The van der Waals surface area contributed by atoms with E-state index in [4.69, 9.17) is 9.84 Å². The summed E-state index contributed by atoms with van der Waals surface area (Å²) in [6.45, 7) is 0.718. The summed E-state index contributed by atoms with van der Waals surface area (Å²) in [6.07, 6.45) is 0.646. The van der Waals surface area contributed by atoms with Crippen molar-refractivity contribution in [2.24, 2.45) is 0 Å². The molecule has 0 fully saturated rings. The van der Waals surface area contributed by atoms with Gasteiger partial charge in [-0.05, 0) is 41.5 Å². The summed E-state index contributed by atoms with van der Waals surface area (Å²) in [6, 6.07) is 21.9. The molecular weight excluding hydrogens is 352 g/mol. The van der Waals surface area contributed by atoms with Crippen LogP contribution in [0.15, 0.2) is 66.7 Å². The van der Waals surface area contributed by atoms with Gasteiger partial charge in [0.2, 0.25) is 0 Å². The number of benzene rings is 3. The van der Waals surface area contributed by atoms with Crippen molar-refractivity contribution in [2.75, 3.05) is 13.2 Å². The van der Waals surface area contributed by atoms with Gasteiger partial charge in [0.05, 0.1) is 17.6 Å². The molecular formula is C23H24N2O3. The highest BCUT2D eigenvalue weighted by atomic mass is 16.5. The first-order valence-electron chi connectivity index (χ1n) is 9.59. The van der Waals surface area contributed by atoms with Crippen molar-refractivity contribution >= 4 is 21.8 Å². The Balaban J connectivity index is 1.47. The smallest absolute Gasteiger partial charge is 0.120 e. The van der Waals surface area contributed by atoms with Crippen molar-refractivity contribution in [3.63, 3.8) is 0 Å². The number of hydrogen-bond acceptors (Lipinski definition) is 4. The maximum atomic E-state index is 10.6. The molecule has 1 heterocycles. The van der Waals surface area contributed by atoms with Crippen molar-refractivity contribution in [3.05, 3.63) is 72.6 Å². The summed E-state index contributed by atoms with van der Waals surface area (Å²) < 4.78 is 7.86. The zero-order valence-corrected chi connectivity index (χ0v) is 15.7. The van der Waals surface area contributed by atoms with Crippen LogP contribution in [0.25, 0.3) is 21.8 Å². The van der Waals surface area contributed by atoms with E-state index in [0.717, 1.165) is 33.4 Å². The summed E-state index contributed by atoms with van der Waals surface area (Å²) in [5.41, 5.74) is 1.89. The van der Waals surface area contributed by atoms with Gasteiger partial charge in [-0.25, -0.2) is 4.98 Å². The highest BCUT2D eigenvalue weighted by molar-refractivity contribution is 5.83. The standard InChI is InChI=1S/C23H24N2O3/c26-13-5-10-23-24-21-8-3-4-9-22(21)25(23)15-19(27)16-28-20-12-11-17-6-1-2-7-18(17)14-20/h1-4,6-9,11-12,14,19,26-27H,5,10,13,15-16H2. The summed E-state index contributed by atoms with van der Waals surface area (Å²) >= 11 is 0. The number of imidazole rings is 1. The number of aliphatic hydroxyl groups excluding tert-OH is 2. The molecule has 2 N–H and O–H groups in total. The Morgan fingerprint density at radius 2 is 1.75 bits per heavy atom. The molecule has 0 aliphatic rings. The molecule has 4 rings (SSSR count). The average Bonchev–Trinajstić information content (AvgIpc) is 3.08. The fourth-order valence-electron chi connectivity index (χ4n) is 3.47. The zero-order valence-electron chi connectivity index (χ0n) is 15.7. The topological polar surface area (TPSA) is 67.5 Å². The van der Waals surface area contributed by atoms with Gasteiger partial charge in [0.25, 0.3) is 0 Å². The molecule has 0 aliphatic heterocycles. The van der Waals surface area contributed by atoms with Crippen LogP contribution in [0, 0.1) is 0 Å². The number of fused-ring (bicyclic) bond motifs is 2.